The molecule has 0 saturated heterocycles. The molecule has 2 aromatic heterocycles. The molecule has 0 fully saturated rings. The lowest BCUT2D eigenvalue weighted by atomic mass is 9.95. The predicted octanol–water partition coefficient (Wildman–Crippen LogP) is 2.81. The molecule has 2 heterocycles. The topological polar surface area (TPSA) is 120 Å². The molecule has 0 radical (unpaired) electrons. The maximum Gasteiger partial charge on any atom is 0.433 e. The number of aliphatic hydroxyl groups is 1. The number of nitrogens with zero attached hydrogens (tertiary/aromatic N) is 3. The first-order valence-electron chi connectivity index (χ1n) is 9.00. The molecule has 0 saturated carbocycles. The fraction of sp³-hybridized carbons (Fsp3) is 0.316. The van der Waals surface area contributed by atoms with E-state index in [1.807, 2.05) is 0 Å². The van der Waals surface area contributed by atoms with Crippen molar-refractivity contribution in [3.8, 4) is 0 Å². The van der Waals surface area contributed by atoms with Gasteiger partial charge in [0, 0.05) is 28.6 Å². The zero-order valence-electron chi connectivity index (χ0n) is 16.4. The van der Waals surface area contributed by atoms with E-state index in [9.17, 15) is 31.8 Å². The van der Waals surface area contributed by atoms with Crippen molar-refractivity contribution < 1.29 is 31.8 Å². The third-order valence-corrected chi connectivity index (χ3v) is 4.87. The minimum absolute atomic E-state index is 0.110. The van der Waals surface area contributed by atoms with E-state index in [1.165, 1.54) is 30.7 Å². The third kappa shape index (κ3) is 5.46. The number of nitrogens with one attached hydrogen (secondary N) is 1. The van der Waals surface area contributed by atoms with Gasteiger partial charge in [0.2, 0.25) is 0 Å². The van der Waals surface area contributed by atoms with Crippen LogP contribution in [0, 0.1) is 0 Å². The highest BCUT2D eigenvalue weighted by Gasteiger charge is 2.33. The smallest absolute Gasteiger partial charge is 0.433 e. The third-order valence-electron chi connectivity index (χ3n) is 4.36. The Morgan fingerprint density at radius 3 is 2.61 bits per heavy atom. The molecule has 0 aliphatic heterocycles. The average molecular weight is 455 g/mol. The van der Waals surface area contributed by atoms with Gasteiger partial charge in [-0.25, -0.2) is 4.98 Å². The second kappa shape index (κ2) is 8.36. The van der Waals surface area contributed by atoms with E-state index in [2.05, 4.69) is 15.4 Å². The maximum atomic E-state index is 12.9. The summed E-state index contributed by atoms with van der Waals surface area (Å²) in [6, 6.07) is 6.01. The van der Waals surface area contributed by atoms with Crippen LogP contribution in [0.5, 0.6) is 0 Å². The van der Waals surface area contributed by atoms with Gasteiger partial charge in [0.15, 0.2) is 0 Å². The summed E-state index contributed by atoms with van der Waals surface area (Å²) in [5.74, 6) is -1.03. The molecule has 3 aromatic rings. The molecule has 0 aliphatic rings. The number of hydrogen-bond acceptors (Lipinski definition) is 6. The molecule has 1 unspecified atom stereocenters. The van der Waals surface area contributed by atoms with Crippen LogP contribution in [-0.2, 0) is 29.4 Å². The van der Waals surface area contributed by atoms with Gasteiger partial charge in [-0.1, -0.05) is 17.1 Å². The second-order valence-corrected chi connectivity index (χ2v) is 8.29. The van der Waals surface area contributed by atoms with Crippen LogP contribution in [0.1, 0.15) is 35.6 Å². The normalized spacial score (nSPS) is 13.4. The van der Waals surface area contributed by atoms with Crippen LogP contribution in [0.25, 0.3) is 10.9 Å². The molecule has 0 spiro atoms. The fourth-order valence-electron chi connectivity index (χ4n) is 2.92. The van der Waals surface area contributed by atoms with E-state index in [1.54, 1.807) is 6.20 Å². The minimum atomic E-state index is -4.70. The first-order chi connectivity index (χ1) is 14.3. The largest absolute Gasteiger partial charge is 0.772 e. The molecular formula is C19H18F3N4O4S-. The highest BCUT2D eigenvalue weighted by atomic mass is 32.2. The molecule has 1 atom stereocenters. The van der Waals surface area contributed by atoms with Crippen molar-refractivity contribution in [3.05, 3.63) is 53.5 Å². The number of rotatable bonds is 6. The number of alkyl halides is 3. The molecule has 1 amide bonds. The lowest BCUT2D eigenvalue weighted by molar-refractivity contribution is -0.141. The molecule has 2 N–H and O–H groups in total. The monoisotopic (exact) mass is 455 g/mol. The van der Waals surface area contributed by atoms with E-state index in [0.29, 0.717) is 10.9 Å². The van der Waals surface area contributed by atoms with Crippen molar-refractivity contribution in [3.63, 3.8) is 0 Å². The number of anilines is 1. The summed E-state index contributed by atoms with van der Waals surface area (Å²) in [4.78, 5) is 15.9. The van der Waals surface area contributed by atoms with Crippen LogP contribution >= 0.6 is 0 Å². The Morgan fingerprint density at radius 2 is 2.00 bits per heavy atom. The number of halogens is 3. The van der Waals surface area contributed by atoms with Gasteiger partial charge in [0.1, 0.15) is 11.4 Å². The van der Waals surface area contributed by atoms with Crippen molar-refractivity contribution in [1.29, 1.82) is 0 Å². The molecule has 3 rings (SSSR count). The number of aryl methyl sites for hydroxylation is 1. The van der Waals surface area contributed by atoms with Gasteiger partial charge >= 0.3 is 6.18 Å². The Labute approximate surface area is 177 Å². The van der Waals surface area contributed by atoms with Gasteiger partial charge in [-0.3, -0.25) is 13.7 Å². The van der Waals surface area contributed by atoms with Crippen molar-refractivity contribution >= 4 is 33.6 Å². The maximum absolute atomic E-state index is 12.9. The average Bonchev–Trinajstić information content (AvgIpc) is 3.06. The molecular weight excluding hydrogens is 437 g/mol. The van der Waals surface area contributed by atoms with Crippen LogP contribution in [0.15, 0.2) is 36.5 Å². The van der Waals surface area contributed by atoms with Crippen LogP contribution < -0.4 is 5.32 Å². The first-order valence-corrected chi connectivity index (χ1v) is 10.2. The highest BCUT2D eigenvalue weighted by molar-refractivity contribution is 7.79. The van der Waals surface area contributed by atoms with Crippen molar-refractivity contribution in [2.75, 3.05) is 11.1 Å². The van der Waals surface area contributed by atoms with Gasteiger partial charge < -0.3 is 15.0 Å². The summed E-state index contributed by atoms with van der Waals surface area (Å²) in [5, 5.41) is 17.8. The minimum Gasteiger partial charge on any atom is -0.772 e. The fourth-order valence-corrected chi connectivity index (χ4v) is 3.26. The van der Waals surface area contributed by atoms with Gasteiger partial charge in [-0.05, 0) is 38.1 Å². The van der Waals surface area contributed by atoms with E-state index < -0.39 is 40.2 Å². The number of pyridine rings is 1. The molecule has 1 aromatic carbocycles. The first kappa shape index (κ1) is 22.8. The van der Waals surface area contributed by atoms with Gasteiger partial charge in [0.25, 0.3) is 5.91 Å². The van der Waals surface area contributed by atoms with Gasteiger partial charge in [0.05, 0.1) is 17.7 Å². The predicted molar refractivity (Wildman–Crippen MR) is 106 cm³/mol. The van der Waals surface area contributed by atoms with E-state index in [0.717, 1.165) is 18.2 Å². The van der Waals surface area contributed by atoms with E-state index in [4.69, 9.17) is 0 Å². The SMILES string of the molecule is CC(C)(O)c1cc2nn(CCS(=O)[O-])cc2cc1NC(=O)c1cccc(C(F)(F)F)n1. The lowest BCUT2D eigenvalue weighted by Crippen LogP contribution is -2.22. The highest BCUT2D eigenvalue weighted by Crippen LogP contribution is 2.32. The Kier molecular flexibility index (Phi) is 6.16. The Hall–Kier alpha value is -2.83. The molecule has 0 aliphatic carbocycles. The standard InChI is InChI=1S/C19H19F3N4O4S/c1-18(2,28)12-9-14-11(10-26(25-14)6-7-31(29)30)8-15(12)24-17(27)13-4-3-5-16(23-13)19(20,21)22/h3-5,8-10,28H,6-7H2,1-2H3,(H,24,27)(H,29,30)/p-1. The van der Waals surface area contributed by atoms with Crippen LogP contribution in [0.3, 0.4) is 0 Å². The molecule has 12 heteroatoms. The van der Waals surface area contributed by atoms with Crippen LogP contribution in [0.2, 0.25) is 0 Å². The van der Waals surface area contributed by atoms with Crippen LogP contribution in [-0.4, -0.2) is 40.3 Å². The van der Waals surface area contributed by atoms with E-state index >= 15 is 0 Å². The number of hydrogen-bond donors (Lipinski definition) is 2. The number of carbonyl (C=O) groups excluding carboxylic acids is 1. The number of amides is 1. The summed E-state index contributed by atoms with van der Waals surface area (Å²) in [6.45, 7) is 3.06. The molecule has 166 valence electrons. The summed E-state index contributed by atoms with van der Waals surface area (Å²) in [6.07, 6.45) is -3.13. The Bertz CT molecular complexity index is 1160. The lowest BCUT2D eigenvalue weighted by Gasteiger charge is -2.22. The summed E-state index contributed by atoms with van der Waals surface area (Å²) >= 11 is -2.24. The van der Waals surface area contributed by atoms with Gasteiger partial charge in [-0.15, -0.1) is 0 Å². The molecule has 0 bridgehead atoms. The number of carbonyl (C=O) groups is 1. The number of fused-ring (bicyclic) bond motifs is 1. The summed E-state index contributed by atoms with van der Waals surface area (Å²) < 4.78 is 61.6. The van der Waals surface area contributed by atoms with Crippen molar-refractivity contribution in [2.24, 2.45) is 0 Å². The van der Waals surface area contributed by atoms with Crippen molar-refractivity contribution in [1.82, 2.24) is 14.8 Å². The zero-order chi connectivity index (χ0) is 23.0. The Morgan fingerprint density at radius 1 is 1.29 bits per heavy atom. The zero-order valence-corrected chi connectivity index (χ0v) is 17.3. The molecule has 31 heavy (non-hydrogen) atoms. The van der Waals surface area contributed by atoms with E-state index in [-0.39, 0.29) is 23.5 Å². The summed E-state index contributed by atoms with van der Waals surface area (Å²) in [7, 11) is 0. The molecule has 8 nitrogen and oxygen atoms in total. The summed E-state index contributed by atoms with van der Waals surface area (Å²) in [5.41, 5.74) is -2.17. The number of aromatic nitrogens is 3. The quantitative estimate of drug-likeness (QED) is 0.552. The van der Waals surface area contributed by atoms with Crippen molar-refractivity contribution in [2.45, 2.75) is 32.2 Å². The Balaban J connectivity index is 1.98. The number of benzene rings is 1. The second-order valence-electron chi connectivity index (χ2n) is 7.28. The van der Waals surface area contributed by atoms with Gasteiger partial charge in [-0.2, -0.15) is 18.3 Å². The van der Waals surface area contributed by atoms with Crippen LogP contribution in [0.4, 0.5) is 18.9 Å².